The van der Waals surface area contributed by atoms with E-state index >= 15 is 0 Å². The van der Waals surface area contributed by atoms with E-state index in [0.717, 1.165) is 13.0 Å². The number of nitrogens with zero attached hydrogens (tertiary/aromatic N) is 1. The highest BCUT2D eigenvalue weighted by atomic mass is 16.5. The molecule has 4 nitrogen and oxygen atoms in total. The normalized spacial score (nSPS) is 31.4. The molecule has 0 aromatic carbocycles. The van der Waals surface area contributed by atoms with Crippen LogP contribution in [0.5, 0.6) is 0 Å². The second kappa shape index (κ2) is 6.53. The fourth-order valence-corrected chi connectivity index (χ4v) is 2.66. The monoisotopic (exact) mass is 256 g/mol. The Kier molecular flexibility index (Phi) is 5.60. The van der Waals surface area contributed by atoms with E-state index in [1.807, 2.05) is 0 Å². The molecular formula is C14H28N2O2. The van der Waals surface area contributed by atoms with Crippen LogP contribution in [0.4, 0.5) is 0 Å². The first-order valence-corrected chi connectivity index (χ1v) is 6.90. The van der Waals surface area contributed by atoms with Crippen molar-refractivity contribution in [2.24, 2.45) is 11.8 Å². The SMILES string of the molecule is COC(=O)C(NC1CC(C)N(C)CC1C)C(C)C. The summed E-state index contributed by atoms with van der Waals surface area (Å²) in [6, 6.07) is 0.755. The summed E-state index contributed by atoms with van der Waals surface area (Å²) in [5, 5.41) is 3.51. The lowest BCUT2D eigenvalue weighted by molar-refractivity contribution is -0.144. The Morgan fingerprint density at radius 3 is 2.50 bits per heavy atom. The molecule has 0 aromatic heterocycles. The molecule has 0 aliphatic carbocycles. The Bertz CT molecular complexity index is 281. The lowest BCUT2D eigenvalue weighted by Crippen LogP contribution is -2.56. The summed E-state index contributed by atoms with van der Waals surface area (Å²) >= 11 is 0. The van der Waals surface area contributed by atoms with Crippen molar-refractivity contribution in [3.63, 3.8) is 0 Å². The van der Waals surface area contributed by atoms with Crippen LogP contribution in [0.3, 0.4) is 0 Å². The number of carbonyl (C=O) groups is 1. The summed E-state index contributed by atoms with van der Waals surface area (Å²) in [5.74, 6) is 0.653. The van der Waals surface area contributed by atoms with Crippen LogP contribution < -0.4 is 5.32 Å². The highest BCUT2D eigenvalue weighted by Crippen LogP contribution is 2.22. The van der Waals surface area contributed by atoms with Crippen LogP contribution in [0, 0.1) is 11.8 Å². The lowest BCUT2D eigenvalue weighted by Gasteiger charge is -2.41. The van der Waals surface area contributed by atoms with Gasteiger partial charge in [0.05, 0.1) is 7.11 Å². The molecular weight excluding hydrogens is 228 g/mol. The summed E-state index contributed by atoms with van der Waals surface area (Å²) in [6.07, 6.45) is 1.08. The summed E-state index contributed by atoms with van der Waals surface area (Å²) in [4.78, 5) is 14.2. The van der Waals surface area contributed by atoms with Crippen LogP contribution in [-0.4, -0.2) is 49.7 Å². The molecule has 0 radical (unpaired) electrons. The van der Waals surface area contributed by atoms with Gasteiger partial charge in [-0.15, -0.1) is 0 Å². The zero-order valence-corrected chi connectivity index (χ0v) is 12.6. The first-order chi connectivity index (χ1) is 8.36. The van der Waals surface area contributed by atoms with E-state index in [-0.39, 0.29) is 17.9 Å². The van der Waals surface area contributed by atoms with Gasteiger partial charge in [-0.2, -0.15) is 0 Å². The summed E-state index contributed by atoms with van der Waals surface area (Å²) in [6.45, 7) is 9.66. The largest absolute Gasteiger partial charge is 0.468 e. The number of carbonyl (C=O) groups excluding carboxylic acids is 1. The smallest absolute Gasteiger partial charge is 0.323 e. The summed E-state index contributed by atoms with van der Waals surface area (Å²) < 4.78 is 4.89. The predicted molar refractivity (Wildman–Crippen MR) is 73.4 cm³/mol. The number of esters is 1. The highest BCUT2D eigenvalue weighted by molar-refractivity contribution is 5.76. The molecule has 4 atom stereocenters. The Morgan fingerprint density at radius 1 is 1.39 bits per heavy atom. The number of piperidine rings is 1. The van der Waals surface area contributed by atoms with Gasteiger partial charge in [0.25, 0.3) is 0 Å². The predicted octanol–water partition coefficient (Wildman–Crippen LogP) is 1.50. The third-order valence-corrected chi connectivity index (χ3v) is 4.13. The maximum Gasteiger partial charge on any atom is 0.323 e. The van der Waals surface area contributed by atoms with Crippen LogP contribution in [0.25, 0.3) is 0 Å². The molecule has 4 unspecified atom stereocenters. The van der Waals surface area contributed by atoms with Gasteiger partial charge in [-0.05, 0) is 32.2 Å². The minimum absolute atomic E-state index is 0.149. The molecule has 0 saturated carbocycles. The first kappa shape index (κ1) is 15.4. The molecule has 1 rings (SSSR count). The van der Waals surface area contributed by atoms with E-state index < -0.39 is 0 Å². The molecule has 106 valence electrons. The molecule has 0 aromatic rings. The van der Waals surface area contributed by atoms with Gasteiger partial charge in [0, 0.05) is 18.6 Å². The Morgan fingerprint density at radius 2 is 2.00 bits per heavy atom. The third kappa shape index (κ3) is 3.69. The van der Waals surface area contributed by atoms with Gasteiger partial charge in [0.15, 0.2) is 0 Å². The molecule has 4 heteroatoms. The van der Waals surface area contributed by atoms with E-state index in [2.05, 4.69) is 45.0 Å². The van der Waals surface area contributed by atoms with Gasteiger partial charge in [-0.3, -0.25) is 4.79 Å². The number of likely N-dealkylation sites (tertiary alicyclic amines) is 1. The lowest BCUT2D eigenvalue weighted by atomic mass is 9.88. The minimum atomic E-state index is -0.196. The molecule has 1 fully saturated rings. The van der Waals surface area contributed by atoms with Crippen LogP contribution in [0.15, 0.2) is 0 Å². The number of hydrogen-bond donors (Lipinski definition) is 1. The molecule has 1 heterocycles. The number of ether oxygens (including phenoxy) is 1. The molecule has 1 aliphatic heterocycles. The van der Waals surface area contributed by atoms with Crippen LogP contribution in [0.2, 0.25) is 0 Å². The number of methoxy groups -OCH3 is 1. The number of nitrogens with one attached hydrogen (secondary N) is 1. The van der Waals surface area contributed by atoms with Crippen molar-refractivity contribution >= 4 is 5.97 Å². The van der Waals surface area contributed by atoms with E-state index in [4.69, 9.17) is 4.74 Å². The first-order valence-electron chi connectivity index (χ1n) is 6.90. The quantitative estimate of drug-likeness (QED) is 0.774. The van der Waals surface area contributed by atoms with Gasteiger partial charge in [-0.1, -0.05) is 20.8 Å². The van der Waals surface area contributed by atoms with Crippen molar-refractivity contribution in [2.75, 3.05) is 20.7 Å². The topological polar surface area (TPSA) is 41.6 Å². The molecule has 18 heavy (non-hydrogen) atoms. The minimum Gasteiger partial charge on any atom is -0.468 e. The fraction of sp³-hybridized carbons (Fsp3) is 0.929. The van der Waals surface area contributed by atoms with E-state index in [1.165, 1.54) is 7.11 Å². The van der Waals surface area contributed by atoms with E-state index in [9.17, 15) is 4.79 Å². The molecule has 1 aliphatic rings. The number of rotatable bonds is 4. The second-order valence-electron chi connectivity index (χ2n) is 6.02. The van der Waals surface area contributed by atoms with Crippen molar-refractivity contribution in [1.29, 1.82) is 0 Å². The molecule has 0 amide bonds. The third-order valence-electron chi connectivity index (χ3n) is 4.13. The van der Waals surface area contributed by atoms with E-state index in [1.54, 1.807) is 0 Å². The van der Waals surface area contributed by atoms with Gasteiger partial charge in [0.2, 0.25) is 0 Å². The zero-order valence-electron chi connectivity index (χ0n) is 12.6. The van der Waals surface area contributed by atoms with Gasteiger partial charge in [-0.25, -0.2) is 0 Å². The van der Waals surface area contributed by atoms with Crippen molar-refractivity contribution < 1.29 is 9.53 Å². The second-order valence-corrected chi connectivity index (χ2v) is 6.02. The maximum absolute atomic E-state index is 11.8. The van der Waals surface area contributed by atoms with E-state index in [0.29, 0.717) is 18.0 Å². The molecule has 1 saturated heterocycles. The van der Waals surface area contributed by atoms with Gasteiger partial charge in [0.1, 0.15) is 6.04 Å². The highest BCUT2D eigenvalue weighted by Gasteiger charge is 2.33. The van der Waals surface area contributed by atoms with Gasteiger partial charge < -0.3 is 15.0 Å². The summed E-state index contributed by atoms with van der Waals surface area (Å²) in [5.41, 5.74) is 0. The fourth-order valence-electron chi connectivity index (χ4n) is 2.66. The van der Waals surface area contributed by atoms with Crippen molar-refractivity contribution in [1.82, 2.24) is 10.2 Å². The Labute approximate surface area is 111 Å². The van der Waals surface area contributed by atoms with Crippen LogP contribution in [-0.2, 0) is 9.53 Å². The summed E-state index contributed by atoms with van der Waals surface area (Å²) in [7, 11) is 3.62. The molecule has 0 spiro atoms. The van der Waals surface area contributed by atoms with Crippen LogP contribution in [0.1, 0.15) is 34.1 Å². The standard InChI is InChI=1S/C14H28N2O2/c1-9(2)13(14(17)18-6)15-12-7-11(4)16(5)8-10(12)3/h9-13,15H,7-8H2,1-6H3. The van der Waals surface area contributed by atoms with Crippen molar-refractivity contribution in [3.05, 3.63) is 0 Å². The van der Waals surface area contributed by atoms with Crippen LogP contribution >= 0.6 is 0 Å². The Hall–Kier alpha value is -0.610. The molecule has 1 N–H and O–H groups in total. The van der Waals surface area contributed by atoms with Crippen molar-refractivity contribution in [2.45, 2.75) is 52.2 Å². The average molecular weight is 256 g/mol. The van der Waals surface area contributed by atoms with Crippen molar-refractivity contribution in [3.8, 4) is 0 Å². The average Bonchev–Trinajstić information content (AvgIpc) is 2.30. The Balaban J connectivity index is 2.66. The molecule has 0 bridgehead atoms. The van der Waals surface area contributed by atoms with Gasteiger partial charge >= 0.3 is 5.97 Å². The number of hydrogen-bond acceptors (Lipinski definition) is 4. The maximum atomic E-state index is 11.8. The zero-order chi connectivity index (χ0) is 13.9.